The van der Waals surface area contributed by atoms with E-state index in [4.69, 9.17) is 0 Å². The Kier molecular flexibility index (Phi) is 8.43. The molecule has 6 heteroatoms. The normalized spacial score (nSPS) is 17.5. The van der Waals surface area contributed by atoms with Crippen molar-refractivity contribution in [1.29, 1.82) is 0 Å². The molecular formula is C27H37F3N2O. The van der Waals surface area contributed by atoms with Gasteiger partial charge in [0.1, 0.15) is 6.04 Å². The number of carbonyl (C=O) groups is 1. The highest BCUT2D eigenvalue weighted by Gasteiger charge is 2.51. The standard InChI is InChI=1S/C27H37F3N2O/c1-4-5-6-7-8-9-10-11-14-20-17-22(18-21-15-12-13-16-23(20)21)24(27(28,29)30)32-19-26(2,3)25(33)31-32/h12-13,15-18,24H,4-11,14,19H2,1-3H3,(H,31,33)/t24-/m0/s1. The fourth-order valence-corrected chi connectivity index (χ4v) is 4.75. The Morgan fingerprint density at radius 2 is 1.64 bits per heavy atom. The van der Waals surface area contributed by atoms with E-state index >= 15 is 0 Å². The SMILES string of the molecule is CCCCCCCCCCc1cc([C@H](N2CC(C)(C)C(=O)N2)C(F)(F)F)cc2ccccc12. The monoisotopic (exact) mass is 462 g/mol. The first-order valence-corrected chi connectivity index (χ1v) is 12.3. The van der Waals surface area contributed by atoms with Gasteiger partial charge in [0.2, 0.25) is 5.91 Å². The molecule has 1 aliphatic heterocycles. The highest BCUT2D eigenvalue weighted by molar-refractivity contribution is 5.87. The molecule has 1 saturated heterocycles. The number of benzene rings is 2. The number of amides is 1. The maximum absolute atomic E-state index is 14.3. The lowest BCUT2D eigenvalue weighted by Gasteiger charge is -2.30. The minimum absolute atomic E-state index is 0.0101. The molecule has 1 amide bonds. The number of unbranched alkanes of at least 4 members (excludes halogenated alkanes) is 7. The van der Waals surface area contributed by atoms with Gasteiger partial charge in [-0.1, -0.05) is 82.2 Å². The van der Waals surface area contributed by atoms with Crippen molar-refractivity contribution in [2.24, 2.45) is 5.41 Å². The van der Waals surface area contributed by atoms with Gasteiger partial charge in [0.25, 0.3) is 0 Å². The van der Waals surface area contributed by atoms with Crippen LogP contribution in [0.4, 0.5) is 13.2 Å². The number of halogens is 3. The largest absolute Gasteiger partial charge is 0.409 e. The zero-order chi connectivity index (χ0) is 24.1. The van der Waals surface area contributed by atoms with Crippen molar-refractivity contribution in [2.45, 2.75) is 90.8 Å². The molecule has 0 aliphatic carbocycles. The highest BCUT2D eigenvalue weighted by atomic mass is 19.4. The number of carbonyl (C=O) groups excluding carboxylic acids is 1. The van der Waals surface area contributed by atoms with Crippen molar-refractivity contribution < 1.29 is 18.0 Å². The highest BCUT2D eigenvalue weighted by Crippen LogP contribution is 2.42. The molecule has 2 aromatic carbocycles. The van der Waals surface area contributed by atoms with E-state index in [2.05, 4.69) is 12.3 Å². The number of hydrogen-bond donors (Lipinski definition) is 1. The van der Waals surface area contributed by atoms with Gasteiger partial charge in [0, 0.05) is 6.54 Å². The van der Waals surface area contributed by atoms with Gasteiger partial charge < -0.3 is 0 Å². The van der Waals surface area contributed by atoms with Crippen LogP contribution in [0.15, 0.2) is 36.4 Å². The van der Waals surface area contributed by atoms with E-state index in [1.807, 2.05) is 24.3 Å². The minimum atomic E-state index is -4.51. The summed E-state index contributed by atoms with van der Waals surface area (Å²) in [5.74, 6) is -0.378. The summed E-state index contributed by atoms with van der Waals surface area (Å²) in [6.45, 7) is 5.56. The van der Waals surface area contributed by atoms with Gasteiger partial charge in [-0.15, -0.1) is 0 Å². The lowest BCUT2D eigenvalue weighted by Crippen LogP contribution is -2.43. The summed E-state index contributed by atoms with van der Waals surface area (Å²) in [5.41, 5.74) is 2.75. The third-order valence-corrected chi connectivity index (χ3v) is 6.63. The van der Waals surface area contributed by atoms with Crippen LogP contribution in [0.25, 0.3) is 10.8 Å². The number of fused-ring (bicyclic) bond motifs is 1. The van der Waals surface area contributed by atoms with Crippen molar-refractivity contribution >= 4 is 16.7 Å². The molecule has 1 heterocycles. The zero-order valence-electron chi connectivity index (χ0n) is 20.1. The number of hydrazine groups is 1. The van der Waals surface area contributed by atoms with Gasteiger partial charge in [-0.05, 0) is 54.7 Å². The van der Waals surface area contributed by atoms with Crippen LogP contribution in [0.2, 0.25) is 0 Å². The summed E-state index contributed by atoms with van der Waals surface area (Å²) in [7, 11) is 0. The average molecular weight is 463 g/mol. The molecule has 0 saturated carbocycles. The second-order valence-corrected chi connectivity index (χ2v) is 10.0. The molecule has 1 fully saturated rings. The summed E-state index contributed by atoms with van der Waals surface area (Å²) in [5, 5.41) is 2.88. The zero-order valence-corrected chi connectivity index (χ0v) is 20.1. The number of hydrogen-bond acceptors (Lipinski definition) is 2. The summed E-state index contributed by atoms with van der Waals surface area (Å²) >= 11 is 0. The molecule has 0 radical (unpaired) electrons. The van der Waals surface area contributed by atoms with Gasteiger partial charge in [0.15, 0.2) is 0 Å². The van der Waals surface area contributed by atoms with Crippen LogP contribution in [0.5, 0.6) is 0 Å². The van der Waals surface area contributed by atoms with Gasteiger partial charge in [-0.2, -0.15) is 13.2 Å². The number of rotatable bonds is 11. The molecule has 182 valence electrons. The lowest BCUT2D eigenvalue weighted by molar-refractivity contribution is -0.191. The molecule has 0 bridgehead atoms. The molecule has 1 aliphatic rings. The summed E-state index contributed by atoms with van der Waals surface area (Å²) < 4.78 is 42.8. The Morgan fingerprint density at radius 1 is 1.00 bits per heavy atom. The van der Waals surface area contributed by atoms with E-state index in [9.17, 15) is 18.0 Å². The van der Waals surface area contributed by atoms with E-state index in [1.165, 1.54) is 38.5 Å². The van der Waals surface area contributed by atoms with E-state index in [-0.39, 0.29) is 18.0 Å². The molecule has 3 rings (SSSR count). The first kappa shape index (κ1) is 25.5. The van der Waals surface area contributed by atoms with Gasteiger partial charge in [-0.3, -0.25) is 10.2 Å². The van der Waals surface area contributed by atoms with E-state index in [0.29, 0.717) is 0 Å². The van der Waals surface area contributed by atoms with E-state index < -0.39 is 17.6 Å². The Labute approximate surface area is 195 Å². The van der Waals surface area contributed by atoms with Gasteiger partial charge in [-0.25, -0.2) is 5.01 Å². The molecule has 3 nitrogen and oxygen atoms in total. The third kappa shape index (κ3) is 6.50. The van der Waals surface area contributed by atoms with Crippen molar-refractivity contribution in [3.05, 3.63) is 47.5 Å². The number of nitrogens with one attached hydrogen (secondary N) is 1. The maximum Gasteiger partial charge on any atom is 0.409 e. The van der Waals surface area contributed by atoms with Crippen LogP contribution in [-0.2, 0) is 11.2 Å². The van der Waals surface area contributed by atoms with Crippen molar-refractivity contribution in [3.8, 4) is 0 Å². The quantitative estimate of drug-likeness (QED) is 0.351. The van der Waals surface area contributed by atoms with E-state index in [1.54, 1.807) is 26.0 Å². The number of nitrogens with zero attached hydrogens (tertiary/aromatic N) is 1. The van der Waals surface area contributed by atoms with Crippen LogP contribution in [0.3, 0.4) is 0 Å². The molecule has 0 spiro atoms. The van der Waals surface area contributed by atoms with Gasteiger partial charge in [0.05, 0.1) is 5.41 Å². The van der Waals surface area contributed by atoms with Crippen LogP contribution < -0.4 is 5.43 Å². The average Bonchev–Trinajstić information content (AvgIpc) is 3.00. The molecule has 1 N–H and O–H groups in total. The smallest absolute Gasteiger partial charge is 0.287 e. The van der Waals surface area contributed by atoms with Crippen molar-refractivity contribution in [1.82, 2.24) is 10.4 Å². The summed E-state index contributed by atoms with van der Waals surface area (Å²) in [6.07, 6.45) is 5.76. The second kappa shape index (κ2) is 10.9. The Morgan fingerprint density at radius 3 is 2.24 bits per heavy atom. The van der Waals surface area contributed by atoms with E-state index in [0.717, 1.165) is 40.6 Å². The minimum Gasteiger partial charge on any atom is -0.287 e. The summed E-state index contributed by atoms with van der Waals surface area (Å²) in [4.78, 5) is 12.2. The van der Waals surface area contributed by atoms with Crippen LogP contribution in [0.1, 0.15) is 89.3 Å². The molecule has 33 heavy (non-hydrogen) atoms. The predicted molar refractivity (Wildman–Crippen MR) is 128 cm³/mol. The second-order valence-electron chi connectivity index (χ2n) is 10.0. The number of aryl methyl sites for hydroxylation is 1. The van der Waals surface area contributed by atoms with Crippen LogP contribution >= 0.6 is 0 Å². The molecule has 0 aromatic heterocycles. The third-order valence-electron chi connectivity index (χ3n) is 6.63. The predicted octanol–water partition coefficient (Wildman–Crippen LogP) is 7.50. The van der Waals surface area contributed by atoms with Crippen LogP contribution in [0, 0.1) is 5.41 Å². The Balaban J connectivity index is 1.80. The van der Waals surface area contributed by atoms with Gasteiger partial charge >= 0.3 is 6.18 Å². The topological polar surface area (TPSA) is 32.3 Å². The number of alkyl halides is 3. The Hall–Kier alpha value is -2.08. The Bertz CT molecular complexity index is 939. The molecular weight excluding hydrogens is 425 g/mol. The fraction of sp³-hybridized carbons (Fsp3) is 0.593. The first-order chi connectivity index (χ1) is 15.6. The summed E-state index contributed by atoms with van der Waals surface area (Å²) in [6, 6.07) is 9.12. The fourth-order valence-electron chi connectivity index (χ4n) is 4.75. The first-order valence-electron chi connectivity index (χ1n) is 12.3. The molecule has 2 aromatic rings. The van der Waals surface area contributed by atoms with Crippen molar-refractivity contribution in [2.75, 3.05) is 6.54 Å². The molecule has 0 unspecified atom stereocenters. The molecule has 1 atom stereocenters. The lowest BCUT2D eigenvalue weighted by atomic mass is 9.92. The van der Waals surface area contributed by atoms with Crippen molar-refractivity contribution in [3.63, 3.8) is 0 Å². The maximum atomic E-state index is 14.3. The van der Waals surface area contributed by atoms with Crippen LogP contribution in [-0.4, -0.2) is 23.6 Å².